The Bertz CT molecular complexity index is 693. The molecule has 0 saturated heterocycles. The molecule has 1 unspecified atom stereocenters. The average molecular weight is 332 g/mol. The summed E-state index contributed by atoms with van der Waals surface area (Å²) in [7, 11) is 1.86. The van der Waals surface area contributed by atoms with Gasteiger partial charge in [-0.05, 0) is 36.1 Å². The maximum absolute atomic E-state index is 5.81. The lowest BCUT2D eigenvalue weighted by Crippen LogP contribution is -2.35. The Morgan fingerprint density at radius 1 is 0.955 bits per heavy atom. The van der Waals surface area contributed by atoms with E-state index in [2.05, 4.69) is 21.1 Å². The second-order valence-corrected chi connectivity index (χ2v) is 8.54. The second-order valence-electron chi connectivity index (χ2n) is 4.69. The number of nitrogens with zero attached hydrogens (tertiary/aromatic N) is 3. The van der Waals surface area contributed by atoms with Crippen molar-refractivity contribution in [1.29, 1.82) is 0 Å². The quantitative estimate of drug-likeness (QED) is 0.578. The number of hydrogen-bond donors (Lipinski definition) is 3. The minimum absolute atomic E-state index is 0.951. The van der Waals surface area contributed by atoms with E-state index in [0.717, 1.165) is 11.4 Å². The second kappa shape index (κ2) is 6.36. The van der Waals surface area contributed by atoms with Gasteiger partial charge < -0.3 is 5.43 Å². The highest BCUT2D eigenvalue weighted by Crippen LogP contribution is 2.50. The molecular weight excluding hydrogens is 315 g/mol. The summed E-state index contributed by atoms with van der Waals surface area (Å²) in [6.45, 7) is -2.30. The van der Waals surface area contributed by atoms with Crippen LogP contribution in [0.5, 0.6) is 0 Å². The molecule has 114 valence electrons. The molecule has 1 heterocycles. The van der Waals surface area contributed by atoms with Crippen LogP contribution in [-0.2, 0) is 11.8 Å². The molecule has 3 N–H and O–H groups in total. The molecule has 0 spiro atoms. The molecule has 0 amide bonds. The van der Waals surface area contributed by atoms with Gasteiger partial charge in [0.15, 0.2) is 0 Å². The lowest BCUT2D eigenvalue weighted by Gasteiger charge is -2.33. The first kappa shape index (κ1) is 14.8. The fraction of sp³-hybridized carbons (Fsp3) is 0.0714. The molecule has 8 heteroatoms. The minimum atomic E-state index is -2.30. The van der Waals surface area contributed by atoms with Gasteiger partial charge in [-0.1, -0.05) is 36.4 Å². The van der Waals surface area contributed by atoms with Gasteiger partial charge in [0.25, 0.3) is 0 Å². The third kappa shape index (κ3) is 3.06. The van der Waals surface area contributed by atoms with Crippen molar-refractivity contribution >= 4 is 36.0 Å². The van der Waals surface area contributed by atoms with Crippen LogP contribution in [-0.4, -0.2) is 22.9 Å². The van der Waals surface area contributed by atoms with Gasteiger partial charge in [0.05, 0.1) is 5.69 Å². The predicted molar refractivity (Wildman–Crippen MR) is 95.6 cm³/mol. The summed E-state index contributed by atoms with van der Waals surface area (Å²) in [4.78, 5) is 0. The summed E-state index contributed by atoms with van der Waals surface area (Å²) >= 11 is 5.81. The molecule has 0 saturated carbocycles. The maximum atomic E-state index is 5.81. The van der Waals surface area contributed by atoms with Gasteiger partial charge >= 0.3 is 0 Å². The zero-order valence-corrected chi connectivity index (χ0v) is 13.8. The Labute approximate surface area is 134 Å². The Balaban J connectivity index is 1.73. The van der Waals surface area contributed by atoms with Crippen LogP contribution >= 0.6 is 6.49 Å². The van der Waals surface area contributed by atoms with Gasteiger partial charge in [0.1, 0.15) is 6.34 Å². The maximum Gasteiger partial charge on any atom is 0.244 e. The van der Waals surface area contributed by atoms with E-state index < -0.39 is 6.49 Å². The summed E-state index contributed by atoms with van der Waals surface area (Å²) in [5.41, 5.74) is 8.36. The number of hydrazone groups is 1. The molecule has 0 aromatic heterocycles. The van der Waals surface area contributed by atoms with Crippen LogP contribution in [0.3, 0.4) is 0 Å². The van der Waals surface area contributed by atoms with Crippen molar-refractivity contribution < 1.29 is 0 Å². The van der Waals surface area contributed by atoms with E-state index in [-0.39, 0.29) is 0 Å². The molecule has 1 aliphatic rings. The van der Waals surface area contributed by atoms with Crippen LogP contribution in [0.15, 0.2) is 65.8 Å². The Morgan fingerprint density at radius 3 is 2.18 bits per heavy atom. The highest BCUT2D eigenvalue weighted by atomic mass is 32.4. The third-order valence-electron chi connectivity index (χ3n) is 3.15. The lowest BCUT2D eigenvalue weighted by atomic mass is 10.3. The van der Waals surface area contributed by atoms with Crippen LogP contribution in [0.4, 0.5) is 11.4 Å². The summed E-state index contributed by atoms with van der Waals surface area (Å²) in [5, 5.41) is 7.53. The first-order chi connectivity index (χ1) is 10.7. The van der Waals surface area contributed by atoms with E-state index in [1.165, 1.54) is 0 Å². The fourth-order valence-corrected chi connectivity index (χ4v) is 3.87. The van der Waals surface area contributed by atoms with E-state index in [4.69, 9.17) is 11.8 Å². The fourth-order valence-electron chi connectivity index (χ4n) is 1.93. The van der Waals surface area contributed by atoms with Crippen LogP contribution in [0.2, 0.25) is 0 Å². The van der Waals surface area contributed by atoms with Crippen molar-refractivity contribution in [3.05, 3.63) is 60.7 Å². The van der Waals surface area contributed by atoms with Gasteiger partial charge in [0, 0.05) is 12.7 Å². The molecule has 3 rings (SSSR count). The van der Waals surface area contributed by atoms with E-state index >= 15 is 0 Å². The lowest BCUT2D eigenvalue weighted by molar-refractivity contribution is 0.587. The standard InChI is InChI=1S/C14H17N6PS/c1-19-15-12-20(17-14-10-6-3-7-11-14)21(19,22)18-16-13-8-4-2-5-9-13/h2-12,16-17H,1H3,(H,18,22). The van der Waals surface area contributed by atoms with Crippen LogP contribution in [0.25, 0.3) is 0 Å². The molecule has 0 aliphatic carbocycles. The van der Waals surface area contributed by atoms with Crippen LogP contribution in [0, 0.1) is 0 Å². The summed E-state index contributed by atoms with van der Waals surface area (Å²) in [6, 6.07) is 19.7. The topological polar surface area (TPSA) is 54.9 Å². The smallest absolute Gasteiger partial charge is 0.244 e. The zero-order chi connectivity index (χ0) is 15.4. The molecule has 2 aromatic carbocycles. The van der Waals surface area contributed by atoms with Crippen molar-refractivity contribution in [2.75, 3.05) is 17.9 Å². The highest BCUT2D eigenvalue weighted by molar-refractivity contribution is 8.11. The van der Waals surface area contributed by atoms with Gasteiger partial charge in [-0.25, -0.2) is 9.56 Å². The number of hydrogen-bond acceptors (Lipinski definition) is 4. The van der Waals surface area contributed by atoms with E-state index in [9.17, 15) is 0 Å². The average Bonchev–Trinajstić information content (AvgIpc) is 2.84. The molecule has 0 radical (unpaired) electrons. The van der Waals surface area contributed by atoms with Crippen LogP contribution < -0.4 is 16.0 Å². The van der Waals surface area contributed by atoms with Gasteiger partial charge in [-0.15, -0.1) is 0 Å². The monoisotopic (exact) mass is 332 g/mol. The SMILES string of the molecule is CN1N=CN(Nc2ccccc2)P1(=S)NNc1ccccc1. The van der Waals surface area contributed by atoms with E-state index in [1.807, 2.05) is 72.5 Å². The first-order valence-corrected chi connectivity index (χ1v) is 9.47. The highest BCUT2D eigenvalue weighted by Gasteiger charge is 2.33. The van der Waals surface area contributed by atoms with Gasteiger partial charge in [-0.2, -0.15) is 10.3 Å². The largest absolute Gasteiger partial charge is 0.315 e. The molecule has 1 atom stereocenters. The summed E-state index contributed by atoms with van der Waals surface area (Å²) in [5.74, 6) is 0. The third-order valence-corrected chi connectivity index (χ3v) is 6.74. The Hall–Kier alpha value is -2.08. The Kier molecular flexibility index (Phi) is 4.29. The molecule has 6 nitrogen and oxygen atoms in total. The van der Waals surface area contributed by atoms with Gasteiger partial charge in [0.2, 0.25) is 6.49 Å². The molecule has 0 fully saturated rings. The molecule has 0 bridgehead atoms. The van der Waals surface area contributed by atoms with Gasteiger partial charge in [-0.3, -0.25) is 5.43 Å². The molecule has 1 aliphatic heterocycles. The van der Waals surface area contributed by atoms with Crippen molar-refractivity contribution in [3.8, 4) is 0 Å². The van der Waals surface area contributed by atoms with Crippen molar-refractivity contribution in [2.24, 2.45) is 5.10 Å². The number of nitrogens with one attached hydrogen (secondary N) is 3. The van der Waals surface area contributed by atoms with Crippen molar-refractivity contribution in [1.82, 2.24) is 14.8 Å². The van der Waals surface area contributed by atoms with E-state index in [1.54, 1.807) is 11.1 Å². The van der Waals surface area contributed by atoms with Crippen LogP contribution in [0.1, 0.15) is 0 Å². The number of rotatable bonds is 5. The summed E-state index contributed by atoms with van der Waals surface area (Å²) < 4.78 is 3.61. The normalized spacial score (nSPS) is 20.2. The van der Waals surface area contributed by atoms with Crippen molar-refractivity contribution in [2.45, 2.75) is 0 Å². The number of hydrazine groups is 2. The molecular formula is C14H17N6PS. The number of benzene rings is 2. The zero-order valence-electron chi connectivity index (χ0n) is 12.0. The summed E-state index contributed by atoms with van der Waals surface area (Å²) in [6.07, 6.45) is 1.70. The predicted octanol–water partition coefficient (Wildman–Crippen LogP) is 3.05. The minimum Gasteiger partial charge on any atom is -0.315 e. The van der Waals surface area contributed by atoms with E-state index in [0.29, 0.717) is 0 Å². The molecule has 22 heavy (non-hydrogen) atoms. The number of para-hydroxylation sites is 2. The number of anilines is 2. The Morgan fingerprint density at radius 2 is 1.55 bits per heavy atom. The first-order valence-electron chi connectivity index (χ1n) is 6.76. The van der Waals surface area contributed by atoms with Crippen molar-refractivity contribution in [3.63, 3.8) is 0 Å². The molecule has 2 aromatic rings.